The van der Waals surface area contributed by atoms with Crippen LogP contribution in [0.2, 0.25) is 0 Å². The van der Waals surface area contributed by atoms with Crippen LogP contribution in [0.15, 0.2) is 24.3 Å². The van der Waals surface area contributed by atoms with Crippen LogP contribution in [0.5, 0.6) is 0 Å². The molecule has 5 nitrogen and oxygen atoms in total. The topological polar surface area (TPSA) is 50.2 Å². The normalized spacial score (nSPS) is 20.9. The van der Waals surface area contributed by atoms with Crippen molar-refractivity contribution in [1.29, 1.82) is 0 Å². The van der Waals surface area contributed by atoms with Gasteiger partial charge in [-0.25, -0.2) is 4.39 Å². The van der Waals surface area contributed by atoms with Crippen molar-refractivity contribution in [2.45, 2.75) is 71.3 Å². The summed E-state index contributed by atoms with van der Waals surface area (Å²) in [5, 5.41) is 7.48. The van der Waals surface area contributed by atoms with E-state index in [4.69, 9.17) is 0 Å². The quantitative estimate of drug-likeness (QED) is 0.713. The number of aryl methyl sites for hydroxylation is 2. The molecule has 2 aliphatic rings. The van der Waals surface area contributed by atoms with E-state index in [1.807, 2.05) is 20.0 Å². The number of amides is 1. The second-order valence-electron chi connectivity index (χ2n) is 11.0. The van der Waals surface area contributed by atoms with Crippen LogP contribution in [0.25, 0.3) is 0 Å². The Morgan fingerprint density at radius 2 is 1.97 bits per heavy atom. The number of carbonyl (C=O) groups is 1. The number of likely N-dealkylation sites (tertiary alicyclic amines) is 1. The first kappa shape index (κ1) is 23.0. The number of rotatable bonds is 4. The molecule has 1 spiro atoms. The number of halogens is 1. The van der Waals surface area contributed by atoms with Crippen LogP contribution in [-0.4, -0.2) is 40.2 Å². The van der Waals surface area contributed by atoms with E-state index >= 15 is 0 Å². The van der Waals surface area contributed by atoms with E-state index in [9.17, 15) is 9.18 Å². The SMILES string of the molecule is Cc1cc(C(=O)N[C@H]2CCC3(CCN(CCC(C)(C)C)CC3)c3cc(F)ccc32)nn1C.[HH]. The lowest BCUT2D eigenvalue weighted by Gasteiger charge is -2.47. The van der Waals surface area contributed by atoms with Crippen LogP contribution in [0.4, 0.5) is 4.39 Å². The van der Waals surface area contributed by atoms with Crippen molar-refractivity contribution < 1.29 is 10.6 Å². The molecule has 176 valence electrons. The van der Waals surface area contributed by atoms with Gasteiger partial charge in [-0.15, -0.1) is 0 Å². The van der Waals surface area contributed by atoms with Crippen molar-refractivity contribution in [3.05, 3.63) is 52.6 Å². The molecular weight excluding hydrogens is 403 g/mol. The molecule has 0 saturated carbocycles. The van der Waals surface area contributed by atoms with E-state index < -0.39 is 0 Å². The van der Waals surface area contributed by atoms with Gasteiger partial charge in [-0.1, -0.05) is 26.8 Å². The molecule has 6 heteroatoms. The molecule has 1 atom stereocenters. The van der Waals surface area contributed by atoms with Gasteiger partial charge in [0.15, 0.2) is 0 Å². The molecule has 0 unspecified atom stereocenters. The zero-order chi connectivity index (χ0) is 23.1. The molecular formula is C26H39FN4O. The number of hydrogen-bond donors (Lipinski definition) is 1. The summed E-state index contributed by atoms with van der Waals surface area (Å²) in [6, 6.07) is 6.83. The predicted octanol–water partition coefficient (Wildman–Crippen LogP) is 5.15. The molecule has 1 saturated heterocycles. The highest BCUT2D eigenvalue weighted by molar-refractivity contribution is 5.92. The fourth-order valence-corrected chi connectivity index (χ4v) is 5.27. The highest BCUT2D eigenvalue weighted by atomic mass is 19.1. The fourth-order valence-electron chi connectivity index (χ4n) is 5.27. The van der Waals surface area contributed by atoms with Crippen molar-refractivity contribution in [2.75, 3.05) is 19.6 Å². The van der Waals surface area contributed by atoms with Gasteiger partial charge in [0.1, 0.15) is 11.5 Å². The average Bonchev–Trinajstić information content (AvgIpc) is 3.08. The Morgan fingerprint density at radius 3 is 2.59 bits per heavy atom. The average molecular weight is 443 g/mol. The molecule has 1 N–H and O–H groups in total. The monoisotopic (exact) mass is 442 g/mol. The van der Waals surface area contributed by atoms with E-state index in [0.717, 1.165) is 62.1 Å². The molecule has 2 aromatic rings. The third-order valence-corrected chi connectivity index (χ3v) is 7.52. The molecule has 4 rings (SSSR count). The first-order valence-electron chi connectivity index (χ1n) is 11.9. The Morgan fingerprint density at radius 1 is 1.25 bits per heavy atom. The lowest BCUT2D eigenvalue weighted by atomic mass is 9.63. The second kappa shape index (κ2) is 8.62. The Kier molecular flexibility index (Phi) is 6.19. The molecule has 0 radical (unpaired) electrons. The van der Waals surface area contributed by atoms with Crippen LogP contribution in [-0.2, 0) is 12.5 Å². The lowest BCUT2D eigenvalue weighted by molar-refractivity contribution is 0.0908. The number of nitrogens with one attached hydrogen (secondary N) is 1. The van der Waals surface area contributed by atoms with Crippen LogP contribution in [0, 0.1) is 18.2 Å². The molecule has 1 fully saturated rings. The Balaban J connectivity index is 0.00000306. The first-order chi connectivity index (χ1) is 15.1. The van der Waals surface area contributed by atoms with Crippen molar-refractivity contribution in [1.82, 2.24) is 20.0 Å². The summed E-state index contributed by atoms with van der Waals surface area (Å²) in [5.41, 5.74) is 3.90. The number of nitrogens with zero attached hydrogens (tertiary/aromatic N) is 3. The van der Waals surface area contributed by atoms with Crippen molar-refractivity contribution in [3.8, 4) is 0 Å². The largest absolute Gasteiger partial charge is 0.344 e. The summed E-state index contributed by atoms with van der Waals surface area (Å²) in [7, 11) is 1.84. The maximum Gasteiger partial charge on any atom is 0.272 e. The first-order valence-corrected chi connectivity index (χ1v) is 11.9. The fraction of sp³-hybridized carbons (Fsp3) is 0.615. The number of benzene rings is 1. The summed E-state index contributed by atoms with van der Waals surface area (Å²) >= 11 is 0. The molecule has 1 aromatic heterocycles. The highest BCUT2D eigenvalue weighted by Gasteiger charge is 2.42. The van der Waals surface area contributed by atoms with E-state index in [1.54, 1.807) is 16.8 Å². The smallest absolute Gasteiger partial charge is 0.272 e. The lowest BCUT2D eigenvalue weighted by Crippen LogP contribution is -2.46. The van der Waals surface area contributed by atoms with E-state index in [1.165, 1.54) is 12.5 Å². The summed E-state index contributed by atoms with van der Waals surface area (Å²) in [6.45, 7) is 12.0. The van der Waals surface area contributed by atoms with E-state index in [-0.39, 0.29) is 24.6 Å². The molecule has 32 heavy (non-hydrogen) atoms. The summed E-state index contributed by atoms with van der Waals surface area (Å²) < 4.78 is 16.1. The van der Waals surface area contributed by atoms with Gasteiger partial charge in [0, 0.05) is 14.2 Å². The third kappa shape index (κ3) is 4.75. The van der Waals surface area contributed by atoms with Crippen LogP contribution in [0.3, 0.4) is 0 Å². The Labute approximate surface area is 192 Å². The number of carbonyl (C=O) groups excluding carboxylic acids is 1. The van der Waals surface area contributed by atoms with Gasteiger partial charge in [0.05, 0.1) is 6.04 Å². The standard InChI is InChI=1S/C26H37FN4O.H2/c1-18-16-23(29-30(18)5)24(32)28-22-8-9-26(21-17-19(27)6-7-20(21)22)11-14-31(15-12-26)13-10-25(2,3)4;/h6-7,16-17,22H,8-15H2,1-5H3,(H,28,32);1H/t22-;/m0./s1. The number of aromatic nitrogens is 2. The van der Waals surface area contributed by atoms with E-state index in [2.05, 4.69) is 36.1 Å². The van der Waals surface area contributed by atoms with Crippen LogP contribution < -0.4 is 5.32 Å². The zero-order valence-electron chi connectivity index (χ0n) is 20.2. The number of fused-ring (bicyclic) bond motifs is 2. The maximum atomic E-state index is 14.4. The van der Waals surface area contributed by atoms with Gasteiger partial charge in [0.25, 0.3) is 5.91 Å². The minimum Gasteiger partial charge on any atom is -0.344 e. The molecule has 1 aliphatic heterocycles. The number of hydrogen-bond acceptors (Lipinski definition) is 3. The van der Waals surface area contributed by atoms with Gasteiger partial charge in [-0.3, -0.25) is 9.48 Å². The van der Waals surface area contributed by atoms with Crippen LogP contribution >= 0.6 is 0 Å². The molecule has 2 heterocycles. The Hall–Kier alpha value is -2.21. The van der Waals surface area contributed by atoms with Gasteiger partial charge in [-0.2, -0.15) is 5.10 Å². The van der Waals surface area contributed by atoms with Gasteiger partial charge >= 0.3 is 0 Å². The third-order valence-electron chi connectivity index (χ3n) is 7.52. The molecule has 1 aromatic carbocycles. The van der Waals surface area contributed by atoms with E-state index in [0.29, 0.717) is 11.1 Å². The molecule has 1 aliphatic carbocycles. The minimum atomic E-state index is -0.189. The van der Waals surface area contributed by atoms with Crippen LogP contribution in [0.1, 0.15) is 87.7 Å². The van der Waals surface area contributed by atoms with Crippen molar-refractivity contribution >= 4 is 5.91 Å². The zero-order valence-corrected chi connectivity index (χ0v) is 20.2. The maximum absolute atomic E-state index is 14.4. The van der Waals surface area contributed by atoms with Gasteiger partial charge in [0.2, 0.25) is 0 Å². The van der Waals surface area contributed by atoms with Crippen molar-refractivity contribution in [3.63, 3.8) is 0 Å². The minimum absolute atomic E-state index is 0. The van der Waals surface area contributed by atoms with Gasteiger partial charge in [-0.05, 0) is 98.8 Å². The number of piperidine rings is 1. The van der Waals surface area contributed by atoms with Gasteiger partial charge < -0.3 is 10.2 Å². The van der Waals surface area contributed by atoms with Crippen molar-refractivity contribution in [2.24, 2.45) is 12.5 Å². The second-order valence-corrected chi connectivity index (χ2v) is 11.0. The summed E-state index contributed by atoms with van der Waals surface area (Å²) in [6.07, 6.45) is 5.13. The molecule has 0 bridgehead atoms. The summed E-state index contributed by atoms with van der Waals surface area (Å²) in [5.74, 6) is -0.354. The Bertz CT molecular complexity index is 969. The highest BCUT2D eigenvalue weighted by Crippen LogP contribution is 2.48. The predicted molar refractivity (Wildman–Crippen MR) is 127 cm³/mol. The molecule has 1 amide bonds. The summed E-state index contributed by atoms with van der Waals surface area (Å²) in [4.78, 5) is 15.4.